The third kappa shape index (κ3) is 4.46. The first-order valence-corrected chi connectivity index (χ1v) is 10.2. The zero-order chi connectivity index (χ0) is 21.0. The number of hydrazone groups is 1. The van der Waals surface area contributed by atoms with Crippen LogP contribution in [0.5, 0.6) is 11.5 Å². The molecule has 1 heterocycles. The quantitative estimate of drug-likeness (QED) is 0.399. The van der Waals surface area contributed by atoms with Crippen LogP contribution in [-0.2, 0) is 10.0 Å². The van der Waals surface area contributed by atoms with Gasteiger partial charge in [0.2, 0.25) is 10.0 Å². The average Bonchev–Trinajstić information content (AvgIpc) is 3.25. The Morgan fingerprint density at radius 1 is 1.24 bits per heavy atom. The van der Waals surface area contributed by atoms with E-state index in [2.05, 4.69) is 10.5 Å². The van der Waals surface area contributed by atoms with E-state index in [1.165, 1.54) is 35.8 Å². The van der Waals surface area contributed by atoms with E-state index < -0.39 is 20.6 Å². The first kappa shape index (κ1) is 20.6. The molecule has 0 atom stereocenters. The van der Waals surface area contributed by atoms with Gasteiger partial charge in [0.15, 0.2) is 0 Å². The molecule has 1 aliphatic rings. The molecule has 0 spiro atoms. The number of nitrogens with zero attached hydrogens (tertiary/aromatic N) is 3. The normalized spacial score (nSPS) is 14.9. The van der Waals surface area contributed by atoms with Gasteiger partial charge >= 0.3 is 0 Å². The summed E-state index contributed by atoms with van der Waals surface area (Å²) in [5, 5.41) is 25.2. The molecule has 0 amide bonds. The van der Waals surface area contributed by atoms with Crippen LogP contribution in [0.2, 0.25) is 0 Å². The van der Waals surface area contributed by atoms with Gasteiger partial charge in [0.1, 0.15) is 17.2 Å². The van der Waals surface area contributed by atoms with E-state index in [0.717, 1.165) is 18.9 Å². The van der Waals surface area contributed by atoms with Crippen LogP contribution < -0.4 is 10.2 Å². The molecule has 10 nitrogen and oxygen atoms in total. The molecule has 1 aliphatic heterocycles. The van der Waals surface area contributed by atoms with Gasteiger partial charge in [0, 0.05) is 24.7 Å². The molecule has 0 aliphatic carbocycles. The number of anilines is 1. The number of nitro groups is 1. The fraction of sp³-hybridized carbons (Fsp3) is 0.278. The van der Waals surface area contributed by atoms with Gasteiger partial charge < -0.3 is 9.84 Å². The average molecular weight is 420 g/mol. The van der Waals surface area contributed by atoms with Gasteiger partial charge in [0.05, 0.1) is 23.1 Å². The molecule has 29 heavy (non-hydrogen) atoms. The molecule has 2 aromatic carbocycles. The Hall–Kier alpha value is -3.18. The van der Waals surface area contributed by atoms with Crippen LogP contribution in [0.3, 0.4) is 0 Å². The van der Waals surface area contributed by atoms with Crippen LogP contribution in [-0.4, -0.2) is 49.2 Å². The molecule has 1 saturated heterocycles. The summed E-state index contributed by atoms with van der Waals surface area (Å²) >= 11 is 0. The molecule has 0 unspecified atom stereocenters. The zero-order valence-corrected chi connectivity index (χ0v) is 16.4. The Morgan fingerprint density at radius 3 is 2.62 bits per heavy atom. The van der Waals surface area contributed by atoms with Crippen LogP contribution in [0.1, 0.15) is 18.4 Å². The van der Waals surface area contributed by atoms with Crippen molar-refractivity contribution < 1.29 is 23.2 Å². The minimum atomic E-state index is -3.77. The van der Waals surface area contributed by atoms with Crippen molar-refractivity contribution in [2.24, 2.45) is 5.10 Å². The van der Waals surface area contributed by atoms with Gasteiger partial charge in [0.25, 0.3) is 5.69 Å². The fourth-order valence-electron chi connectivity index (χ4n) is 2.93. The maximum atomic E-state index is 12.6. The van der Waals surface area contributed by atoms with Crippen molar-refractivity contribution in [1.82, 2.24) is 4.31 Å². The van der Waals surface area contributed by atoms with E-state index >= 15 is 0 Å². The van der Waals surface area contributed by atoms with Gasteiger partial charge in [-0.15, -0.1) is 0 Å². The number of aromatic hydroxyl groups is 1. The highest BCUT2D eigenvalue weighted by Gasteiger charge is 2.29. The highest BCUT2D eigenvalue weighted by molar-refractivity contribution is 7.89. The summed E-state index contributed by atoms with van der Waals surface area (Å²) in [5.74, 6) is 0.463. The second-order valence-corrected chi connectivity index (χ2v) is 8.28. The topological polar surface area (TPSA) is 134 Å². The Morgan fingerprint density at radius 2 is 1.97 bits per heavy atom. The van der Waals surface area contributed by atoms with Crippen LogP contribution in [0, 0.1) is 10.1 Å². The number of nitrogens with one attached hydrogen (secondary N) is 1. The lowest BCUT2D eigenvalue weighted by Gasteiger charge is -2.15. The van der Waals surface area contributed by atoms with Crippen molar-refractivity contribution in [1.29, 1.82) is 0 Å². The van der Waals surface area contributed by atoms with E-state index in [-0.39, 0.29) is 16.3 Å². The molecule has 1 fully saturated rings. The standard InChI is InChI=1S/C18H20N4O6S/c1-28-14-4-7-18(23)13(10-14)12-19-20-16-6-5-15(11-17(16)22(24)25)29(26,27)21-8-2-3-9-21/h4-7,10-12,20,23H,2-3,8-9H2,1H3. The molecule has 0 bridgehead atoms. The maximum Gasteiger partial charge on any atom is 0.295 e. The first-order chi connectivity index (χ1) is 13.8. The second-order valence-electron chi connectivity index (χ2n) is 6.34. The summed E-state index contributed by atoms with van der Waals surface area (Å²) in [7, 11) is -2.29. The fourth-order valence-corrected chi connectivity index (χ4v) is 4.47. The van der Waals surface area contributed by atoms with E-state index in [4.69, 9.17) is 4.74 Å². The number of benzene rings is 2. The Labute approximate surface area is 167 Å². The van der Waals surface area contributed by atoms with Crippen molar-refractivity contribution in [3.63, 3.8) is 0 Å². The lowest BCUT2D eigenvalue weighted by molar-refractivity contribution is -0.384. The molecule has 0 saturated carbocycles. The van der Waals surface area contributed by atoms with E-state index in [9.17, 15) is 23.6 Å². The zero-order valence-electron chi connectivity index (χ0n) is 15.6. The SMILES string of the molecule is COc1ccc(O)c(C=NNc2ccc(S(=O)(=O)N3CCCC3)cc2[N+](=O)[O-])c1. The summed E-state index contributed by atoms with van der Waals surface area (Å²) in [6, 6.07) is 8.17. The van der Waals surface area contributed by atoms with E-state index in [1.54, 1.807) is 12.1 Å². The summed E-state index contributed by atoms with van der Waals surface area (Å²) in [6.45, 7) is 0.814. The monoisotopic (exact) mass is 420 g/mol. The number of sulfonamides is 1. The molecular formula is C18H20N4O6S. The van der Waals surface area contributed by atoms with Crippen molar-refractivity contribution in [3.8, 4) is 11.5 Å². The Kier molecular flexibility index (Phi) is 5.99. The maximum absolute atomic E-state index is 12.6. The smallest absolute Gasteiger partial charge is 0.295 e. The van der Waals surface area contributed by atoms with E-state index in [1.807, 2.05) is 0 Å². The molecule has 11 heteroatoms. The molecule has 2 aromatic rings. The largest absolute Gasteiger partial charge is 0.507 e. The predicted molar refractivity (Wildman–Crippen MR) is 107 cm³/mol. The molecule has 3 rings (SSSR count). The lowest BCUT2D eigenvalue weighted by Crippen LogP contribution is -2.27. The minimum absolute atomic E-state index is 0.0222. The summed E-state index contributed by atoms with van der Waals surface area (Å²) in [4.78, 5) is 10.6. The molecule has 2 N–H and O–H groups in total. The molecule has 154 valence electrons. The molecular weight excluding hydrogens is 400 g/mol. The van der Waals surface area contributed by atoms with Crippen molar-refractivity contribution in [2.45, 2.75) is 17.7 Å². The van der Waals surface area contributed by atoms with Gasteiger partial charge in [-0.2, -0.15) is 9.41 Å². The number of ether oxygens (including phenoxy) is 1. The first-order valence-electron chi connectivity index (χ1n) is 8.77. The van der Waals surface area contributed by atoms with Crippen LogP contribution in [0.25, 0.3) is 0 Å². The third-order valence-electron chi connectivity index (χ3n) is 4.49. The van der Waals surface area contributed by atoms with Crippen LogP contribution in [0.15, 0.2) is 46.4 Å². The predicted octanol–water partition coefficient (Wildman–Crippen LogP) is 2.54. The lowest BCUT2D eigenvalue weighted by atomic mass is 10.2. The number of hydrogen-bond acceptors (Lipinski definition) is 8. The Balaban J connectivity index is 1.85. The minimum Gasteiger partial charge on any atom is -0.507 e. The summed E-state index contributed by atoms with van der Waals surface area (Å²) in [5.41, 5.74) is 2.47. The van der Waals surface area contributed by atoms with Gasteiger partial charge in [-0.1, -0.05) is 0 Å². The van der Waals surface area contributed by atoms with Gasteiger partial charge in [-0.3, -0.25) is 15.5 Å². The summed E-state index contributed by atoms with van der Waals surface area (Å²) < 4.78 is 31.7. The van der Waals surface area contributed by atoms with Crippen molar-refractivity contribution >= 4 is 27.6 Å². The number of rotatable bonds is 7. The van der Waals surface area contributed by atoms with Gasteiger partial charge in [-0.25, -0.2) is 8.42 Å². The van der Waals surface area contributed by atoms with Crippen LogP contribution >= 0.6 is 0 Å². The van der Waals surface area contributed by atoms with Crippen molar-refractivity contribution in [2.75, 3.05) is 25.6 Å². The highest BCUT2D eigenvalue weighted by Crippen LogP contribution is 2.30. The third-order valence-corrected chi connectivity index (χ3v) is 6.39. The second kappa shape index (κ2) is 8.45. The number of nitro benzene ring substituents is 1. The molecule has 0 aromatic heterocycles. The number of methoxy groups -OCH3 is 1. The van der Waals surface area contributed by atoms with Crippen LogP contribution in [0.4, 0.5) is 11.4 Å². The summed E-state index contributed by atoms with van der Waals surface area (Å²) in [6.07, 6.45) is 2.82. The molecule has 0 radical (unpaired) electrons. The van der Waals surface area contributed by atoms with Crippen molar-refractivity contribution in [3.05, 3.63) is 52.1 Å². The number of phenolic OH excluding ortho intramolecular Hbond substituents is 1. The number of hydrogen-bond donors (Lipinski definition) is 2. The number of phenols is 1. The van der Waals surface area contributed by atoms with Gasteiger partial charge in [-0.05, 0) is 43.2 Å². The van der Waals surface area contributed by atoms with E-state index in [0.29, 0.717) is 24.4 Å². The Bertz CT molecular complexity index is 1050. The highest BCUT2D eigenvalue weighted by atomic mass is 32.2.